The van der Waals surface area contributed by atoms with Crippen molar-refractivity contribution in [3.8, 4) is 5.75 Å². The lowest BCUT2D eigenvalue weighted by Crippen LogP contribution is -2.48. The molecule has 2 aromatic carbocycles. The van der Waals surface area contributed by atoms with E-state index >= 15 is 0 Å². The van der Waals surface area contributed by atoms with Gasteiger partial charge < -0.3 is 4.74 Å². The number of carbonyl (C=O) groups is 2. The molecular formula is C25H33N3O3S. The van der Waals surface area contributed by atoms with Gasteiger partial charge in [-0.3, -0.25) is 25.8 Å². The van der Waals surface area contributed by atoms with Crippen LogP contribution in [-0.4, -0.2) is 23.5 Å². The van der Waals surface area contributed by atoms with Crippen molar-refractivity contribution in [3.63, 3.8) is 0 Å². The highest BCUT2D eigenvalue weighted by Gasteiger charge is 2.16. The van der Waals surface area contributed by atoms with Crippen LogP contribution in [-0.2, 0) is 5.41 Å². The molecule has 172 valence electrons. The van der Waals surface area contributed by atoms with Gasteiger partial charge in [0.1, 0.15) is 5.75 Å². The van der Waals surface area contributed by atoms with Gasteiger partial charge in [-0.15, -0.1) is 0 Å². The molecule has 0 fully saturated rings. The van der Waals surface area contributed by atoms with Crippen LogP contribution in [0, 0.1) is 0 Å². The number of para-hydroxylation sites is 1. The Morgan fingerprint density at radius 2 is 1.59 bits per heavy atom. The standard InChI is InChI=1S/C25H33N3O3S/c1-5-6-7-10-17-31-21-12-9-8-11-20(21)23(30)26-24(32)28-27-22(29)18-13-15-19(16-14-18)25(2,3)4/h8-9,11-16H,5-7,10,17H2,1-4H3,(H,27,29)(H2,26,28,30,32). The summed E-state index contributed by atoms with van der Waals surface area (Å²) in [6.07, 6.45) is 4.35. The predicted molar refractivity (Wildman–Crippen MR) is 132 cm³/mol. The fraction of sp³-hybridized carbons (Fsp3) is 0.400. The minimum absolute atomic E-state index is 0.00703. The lowest BCUT2D eigenvalue weighted by Gasteiger charge is -2.19. The fourth-order valence-corrected chi connectivity index (χ4v) is 3.14. The van der Waals surface area contributed by atoms with Gasteiger partial charge in [0, 0.05) is 5.56 Å². The third-order valence-corrected chi connectivity index (χ3v) is 5.12. The van der Waals surface area contributed by atoms with Crippen molar-refractivity contribution in [2.75, 3.05) is 6.61 Å². The summed E-state index contributed by atoms with van der Waals surface area (Å²) in [6, 6.07) is 14.4. The maximum Gasteiger partial charge on any atom is 0.269 e. The first-order chi connectivity index (χ1) is 15.2. The summed E-state index contributed by atoms with van der Waals surface area (Å²) in [7, 11) is 0. The highest BCUT2D eigenvalue weighted by atomic mass is 32.1. The van der Waals surface area contributed by atoms with E-state index in [1.54, 1.807) is 30.3 Å². The topological polar surface area (TPSA) is 79.5 Å². The van der Waals surface area contributed by atoms with Gasteiger partial charge in [0.2, 0.25) is 0 Å². The number of rotatable bonds is 8. The Hall–Kier alpha value is -2.93. The molecule has 7 heteroatoms. The minimum Gasteiger partial charge on any atom is -0.493 e. The summed E-state index contributed by atoms with van der Waals surface area (Å²) in [6.45, 7) is 9.04. The number of amides is 2. The predicted octanol–water partition coefficient (Wildman–Crippen LogP) is 4.89. The molecule has 0 radical (unpaired) electrons. The lowest BCUT2D eigenvalue weighted by atomic mass is 9.87. The number of carbonyl (C=O) groups excluding carboxylic acids is 2. The second-order valence-electron chi connectivity index (χ2n) is 8.60. The van der Waals surface area contributed by atoms with Gasteiger partial charge in [0.05, 0.1) is 12.2 Å². The second kappa shape index (κ2) is 12.2. The van der Waals surface area contributed by atoms with E-state index in [9.17, 15) is 9.59 Å². The van der Waals surface area contributed by atoms with Crippen molar-refractivity contribution in [1.29, 1.82) is 0 Å². The summed E-state index contributed by atoms with van der Waals surface area (Å²) in [5.74, 6) is -0.249. The molecule has 32 heavy (non-hydrogen) atoms. The highest BCUT2D eigenvalue weighted by molar-refractivity contribution is 7.80. The van der Waals surface area contributed by atoms with E-state index in [0.717, 1.165) is 31.2 Å². The van der Waals surface area contributed by atoms with Gasteiger partial charge in [-0.25, -0.2) is 0 Å². The normalized spacial score (nSPS) is 10.9. The Balaban J connectivity index is 1.86. The Morgan fingerprint density at radius 3 is 2.25 bits per heavy atom. The average molecular weight is 456 g/mol. The van der Waals surface area contributed by atoms with Crippen molar-refractivity contribution in [2.24, 2.45) is 0 Å². The van der Waals surface area contributed by atoms with Crippen molar-refractivity contribution >= 4 is 29.1 Å². The number of hydrazine groups is 1. The molecule has 3 N–H and O–H groups in total. The number of hydrogen-bond donors (Lipinski definition) is 3. The van der Waals surface area contributed by atoms with Gasteiger partial charge in [-0.05, 0) is 53.9 Å². The lowest BCUT2D eigenvalue weighted by molar-refractivity contribution is 0.0933. The molecule has 0 aromatic heterocycles. The van der Waals surface area contributed by atoms with Crippen molar-refractivity contribution in [2.45, 2.75) is 58.8 Å². The summed E-state index contributed by atoms with van der Waals surface area (Å²) in [4.78, 5) is 25.0. The number of hydrogen-bond acceptors (Lipinski definition) is 4. The van der Waals surface area contributed by atoms with Gasteiger partial charge in [-0.2, -0.15) is 0 Å². The Morgan fingerprint density at radius 1 is 0.906 bits per heavy atom. The van der Waals surface area contributed by atoms with Gasteiger partial charge in [0.25, 0.3) is 11.8 Å². The number of nitrogens with one attached hydrogen (secondary N) is 3. The quantitative estimate of drug-likeness (QED) is 0.300. The molecule has 0 spiro atoms. The van der Waals surface area contributed by atoms with E-state index in [-0.39, 0.29) is 16.4 Å². The number of benzene rings is 2. The van der Waals surface area contributed by atoms with Crippen molar-refractivity contribution < 1.29 is 14.3 Å². The summed E-state index contributed by atoms with van der Waals surface area (Å²) in [5.41, 5.74) is 7.09. The molecule has 0 aliphatic carbocycles. The van der Waals surface area contributed by atoms with Gasteiger partial charge in [0.15, 0.2) is 5.11 Å². The monoisotopic (exact) mass is 455 g/mol. The minimum atomic E-state index is -0.407. The molecule has 2 rings (SSSR count). The Kier molecular flexibility index (Phi) is 9.65. The second-order valence-corrected chi connectivity index (χ2v) is 9.00. The molecule has 0 aliphatic heterocycles. The summed E-state index contributed by atoms with van der Waals surface area (Å²) >= 11 is 5.15. The molecule has 6 nitrogen and oxygen atoms in total. The zero-order valence-corrected chi connectivity index (χ0v) is 20.1. The Bertz CT molecular complexity index is 921. The molecular weight excluding hydrogens is 422 g/mol. The van der Waals surface area contributed by atoms with E-state index in [4.69, 9.17) is 17.0 Å². The van der Waals surface area contributed by atoms with Gasteiger partial charge >= 0.3 is 0 Å². The highest BCUT2D eigenvalue weighted by Crippen LogP contribution is 2.22. The molecule has 2 amide bonds. The third-order valence-electron chi connectivity index (χ3n) is 4.92. The molecule has 0 saturated heterocycles. The van der Waals surface area contributed by atoms with Crippen molar-refractivity contribution in [1.82, 2.24) is 16.2 Å². The van der Waals surface area contributed by atoms with E-state index in [1.165, 1.54) is 0 Å². The summed E-state index contributed by atoms with van der Waals surface area (Å²) in [5, 5.41) is 2.56. The van der Waals surface area contributed by atoms with Crippen LogP contribution in [0.4, 0.5) is 0 Å². The van der Waals surface area contributed by atoms with E-state index < -0.39 is 5.91 Å². The molecule has 0 saturated carbocycles. The van der Waals surface area contributed by atoms with E-state index in [1.807, 2.05) is 18.2 Å². The molecule has 0 unspecified atom stereocenters. The van der Waals surface area contributed by atoms with Crippen LogP contribution >= 0.6 is 12.2 Å². The maximum absolute atomic E-state index is 12.6. The molecule has 2 aromatic rings. The first-order valence-corrected chi connectivity index (χ1v) is 11.4. The largest absolute Gasteiger partial charge is 0.493 e. The van der Waals surface area contributed by atoms with Crippen LogP contribution in [0.3, 0.4) is 0 Å². The zero-order chi connectivity index (χ0) is 23.6. The number of unbranched alkanes of at least 4 members (excludes halogenated alkanes) is 3. The molecule has 0 atom stereocenters. The van der Waals surface area contributed by atoms with Crippen molar-refractivity contribution in [3.05, 3.63) is 65.2 Å². The third kappa shape index (κ3) is 7.96. The first-order valence-electron chi connectivity index (χ1n) is 11.0. The van der Waals surface area contributed by atoms with Crippen LogP contribution < -0.4 is 20.9 Å². The van der Waals surface area contributed by atoms with Crippen LogP contribution in [0.5, 0.6) is 5.75 Å². The van der Waals surface area contributed by atoms with Crippen LogP contribution in [0.15, 0.2) is 48.5 Å². The number of thiocarbonyl (C=S) groups is 1. The first kappa shape index (κ1) is 25.3. The van der Waals surface area contributed by atoms with Crippen LogP contribution in [0.1, 0.15) is 79.7 Å². The van der Waals surface area contributed by atoms with E-state index in [0.29, 0.717) is 23.5 Å². The van der Waals surface area contributed by atoms with Gasteiger partial charge in [-0.1, -0.05) is 71.2 Å². The van der Waals surface area contributed by atoms with Crippen LogP contribution in [0.25, 0.3) is 0 Å². The zero-order valence-electron chi connectivity index (χ0n) is 19.3. The fourth-order valence-electron chi connectivity index (χ4n) is 3.00. The van der Waals surface area contributed by atoms with E-state index in [2.05, 4.69) is 43.9 Å². The summed E-state index contributed by atoms with van der Waals surface area (Å²) < 4.78 is 5.78. The molecule has 0 aliphatic rings. The smallest absolute Gasteiger partial charge is 0.269 e. The average Bonchev–Trinajstić information content (AvgIpc) is 2.77. The molecule has 0 bridgehead atoms. The Labute approximate surface area is 196 Å². The van der Waals surface area contributed by atoms with Crippen LogP contribution in [0.2, 0.25) is 0 Å². The maximum atomic E-state index is 12.6. The SMILES string of the molecule is CCCCCCOc1ccccc1C(=O)NC(=S)NNC(=O)c1ccc(C(C)(C)C)cc1. The molecule has 0 heterocycles. The number of ether oxygens (including phenoxy) is 1.